The van der Waals surface area contributed by atoms with E-state index in [1.165, 1.54) is 17.4 Å². The smallest absolute Gasteiger partial charge is 0.279 e. The van der Waals surface area contributed by atoms with Crippen molar-refractivity contribution in [3.63, 3.8) is 0 Å². The Hall–Kier alpha value is -1.86. The number of nitrogens with zero attached hydrogens (tertiary/aromatic N) is 3. The van der Waals surface area contributed by atoms with Gasteiger partial charge in [0, 0.05) is 12.6 Å². The van der Waals surface area contributed by atoms with Gasteiger partial charge in [-0.3, -0.25) is 10.1 Å². The molecule has 1 aromatic heterocycles. The molecule has 1 aromatic carbocycles. The maximum Gasteiger partial charge on any atom is 0.279 e. The standard InChI is InChI=1S/C11H12N4O2S/c1-7-4-3-5-8(15(16)17)10(7)11-14-13-9(18-11)6-12-2/h3-5,12H,6H2,1-2H3. The monoisotopic (exact) mass is 264 g/mol. The first kappa shape index (κ1) is 12.6. The van der Waals surface area contributed by atoms with Gasteiger partial charge in [0.05, 0.1) is 10.5 Å². The SMILES string of the molecule is CNCc1nnc(-c2c(C)cccc2[N+](=O)[O-])s1. The fraction of sp³-hybridized carbons (Fsp3) is 0.273. The van der Waals surface area contributed by atoms with Gasteiger partial charge in [-0.25, -0.2) is 0 Å². The second-order valence-electron chi connectivity index (χ2n) is 3.76. The van der Waals surface area contributed by atoms with Crippen molar-refractivity contribution in [1.29, 1.82) is 0 Å². The molecule has 18 heavy (non-hydrogen) atoms. The molecule has 0 unspecified atom stereocenters. The molecule has 6 nitrogen and oxygen atoms in total. The number of nitro groups is 1. The van der Waals surface area contributed by atoms with Crippen molar-refractivity contribution in [2.75, 3.05) is 7.05 Å². The van der Waals surface area contributed by atoms with E-state index in [2.05, 4.69) is 15.5 Å². The molecule has 1 N–H and O–H groups in total. The molecule has 0 aliphatic heterocycles. The highest BCUT2D eigenvalue weighted by molar-refractivity contribution is 7.14. The van der Waals surface area contributed by atoms with Crippen molar-refractivity contribution < 1.29 is 4.92 Å². The van der Waals surface area contributed by atoms with E-state index in [0.29, 0.717) is 17.1 Å². The molecule has 0 saturated heterocycles. The van der Waals surface area contributed by atoms with Gasteiger partial charge in [-0.05, 0) is 19.5 Å². The molecule has 0 fully saturated rings. The van der Waals surface area contributed by atoms with Gasteiger partial charge in [0.15, 0.2) is 5.01 Å². The summed E-state index contributed by atoms with van der Waals surface area (Å²) in [5.41, 5.74) is 1.46. The lowest BCUT2D eigenvalue weighted by atomic mass is 10.1. The molecule has 0 radical (unpaired) electrons. The summed E-state index contributed by atoms with van der Waals surface area (Å²) in [6, 6.07) is 5.00. The molecule has 2 aromatic rings. The fourth-order valence-corrected chi connectivity index (χ4v) is 2.63. The molecule has 0 aliphatic carbocycles. The minimum atomic E-state index is -0.387. The van der Waals surface area contributed by atoms with Crippen LogP contribution in [0.15, 0.2) is 18.2 Å². The highest BCUT2D eigenvalue weighted by Gasteiger charge is 2.20. The number of nitro benzene ring substituents is 1. The van der Waals surface area contributed by atoms with Crippen molar-refractivity contribution in [3.8, 4) is 10.6 Å². The normalized spacial score (nSPS) is 10.6. The maximum absolute atomic E-state index is 11.0. The molecule has 0 aliphatic rings. The van der Waals surface area contributed by atoms with E-state index in [1.54, 1.807) is 6.07 Å². The summed E-state index contributed by atoms with van der Waals surface area (Å²) >= 11 is 1.37. The number of nitrogens with one attached hydrogen (secondary N) is 1. The van der Waals surface area contributed by atoms with Crippen LogP contribution in [0.1, 0.15) is 10.6 Å². The van der Waals surface area contributed by atoms with Crippen LogP contribution in [0, 0.1) is 17.0 Å². The number of aromatic nitrogens is 2. The summed E-state index contributed by atoms with van der Waals surface area (Å²) in [6.07, 6.45) is 0. The lowest BCUT2D eigenvalue weighted by molar-refractivity contribution is -0.384. The molecule has 2 rings (SSSR count). The van der Waals surface area contributed by atoms with Crippen molar-refractivity contribution in [2.45, 2.75) is 13.5 Å². The van der Waals surface area contributed by atoms with E-state index < -0.39 is 0 Å². The third kappa shape index (κ3) is 2.36. The predicted octanol–water partition coefficient (Wildman–Crippen LogP) is 2.14. The van der Waals surface area contributed by atoms with Crippen LogP contribution in [0.5, 0.6) is 0 Å². The summed E-state index contributed by atoms with van der Waals surface area (Å²) in [6.45, 7) is 2.44. The van der Waals surface area contributed by atoms with E-state index in [0.717, 1.165) is 10.6 Å². The first-order valence-electron chi connectivity index (χ1n) is 5.35. The van der Waals surface area contributed by atoms with Gasteiger partial charge >= 0.3 is 0 Å². The van der Waals surface area contributed by atoms with Crippen LogP contribution in [0.3, 0.4) is 0 Å². The van der Waals surface area contributed by atoms with Crippen LogP contribution in [-0.2, 0) is 6.54 Å². The second kappa shape index (κ2) is 5.19. The van der Waals surface area contributed by atoms with Crippen LogP contribution < -0.4 is 5.32 Å². The summed E-state index contributed by atoms with van der Waals surface area (Å²) in [5.74, 6) is 0. The highest BCUT2D eigenvalue weighted by Crippen LogP contribution is 2.34. The topological polar surface area (TPSA) is 81.0 Å². The van der Waals surface area contributed by atoms with Gasteiger partial charge in [-0.1, -0.05) is 23.5 Å². The molecular formula is C11H12N4O2S. The van der Waals surface area contributed by atoms with Crippen LogP contribution >= 0.6 is 11.3 Å². The van der Waals surface area contributed by atoms with Crippen molar-refractivity contribution >= 4 is 17.0 Å². The Labute approximate surface area is 108 Å². The van der Waals surface area contributed by atoms with Gasteiger partial charge in [-0.15, -0.1) is 10.2 Å². The predicted molar refractivity (Wildman–Crippen MR) is 69.5 cm³/mol. The van der Waals surface area contributed by atoms with Gasteiger partial charge < -0.3 is 5.32 Å². The average molecular weight is 264 g/mol. The Morgan fingerprint density at radius 2 is 2.22 bits per heavy atom. The zero-order valence-corrected chi connectivity index (χ0v) is 10.8. The summed E-state index contributed by atoms with van der Waals surface area (Å²) in [5, 5.41) is 23.4. The Balaban J connectivity index is 2.51. The van der Waals surface area contributed by atoms with E-state index in [4.69, 9.17) is 0 Å². The van der Waals surface area contributed by atoms with Crippen LogP contribution in [0.2, 0.25) is 0 Å². The first-order valence-corrected chi connectivity index (χ1v) is 6.16. The van der Waals surface area contributed by atoms with Crippen LogP contribution in [-0.4, -0.2) is 22.2 Å². The summed E-state index contributed by atoms with van der Waals surface area (Å²) in [4.78, 5) is 10.6. The minimum Gasteiger partial charge on any atom is -0.313 e. The molecule has 0 saturated carbocycles. The zero-order valence-electron chi connectivity index (χ0n) is 10.0. The average Bonchev–Trinajstić information content (AvgIpc) is 2.77. The molecule has 0 bridgehead atoms. The Morgan fingerprint density at radius 3 is 2.89 bits per heavy atom. The summed E-state index contributed by atoms with van der Waals surface area (Å²) < 4.78 is 0. The summed E-state index contributed by atoms with van der Waals surface area (Å²) in [7, 11) is 1.82. The van der Waals surface area contributed by atoms with Gasteiger partial charge in [0.2, 0.25) is 0 Å². The minimum absolute atomic E-state index is 0.0714. The number of aryl methyl sites for hydroxylation is 1. The molecule has 1 heterocycles. The Bertz CT molecular complexity index is 582. The molecule has 0 spiro atoms. The zero-order chi connectivity index (χ0) is 13.1. The Morgan fingerprint density at radius 1 is 1.44 bits per heavy atom. The Kier molecular flexibility index (Phi) is 3.63. The molecular weight excluding hydrogens is 252 g/mol. The second-order valence-corrected chi connectivity index (χ2v) is 4.82. The van der Waals surface area contributed by atoms with Crippen molar-refractivity contribution in [1.82, 2.24) is 15.5 Å². The van der Waals surface area contributed by atoms with Gasteiger partial charge in [0.1, 0.15) is 5.01 Å². The third-order valence-corrected chi connectivity index (χ3v) is 3.40. The third-order valence-electron chi connectivity index (χ3n) is 2.46. The van der Waals surface area contributed by atoms with Gasteiger partial charge in [-0.2, -0.15) is 0 Å². The fourth-order valence-electron chi connectivity index (χ4n) is 1.66. The lowest BCUT2D eigenvalue weighted by Gasteiger charge is -2.02. The van der Waals surface area contributed by atoms with Gasteiger partial charge in [0.25, 0.3) is 5.69 Å². The quantitative estimate of drug-likeness (QED) is 0.676. The number of benzene rings is 1. The van der Waals surface area contributed by atoms with Crippen LogP contribution in [0.4, 0.5) is 5.69 Å². The van der Waals surface area contributed by atoms with E-state index in [9.17, 15) is 10.1 Å². The van der Waals surface area contributed by atoms with Crippen molar-refractivity contribution in [3.05, 3.63) is 38.9 Å². The first-order chi connectivity index (χ1) is 8.63. The highest BCUT2D eigenvalue weighted by atomic mass is 32.1. The number of rotatable bonds is 4. The molecule has 0 amide bonds. The molecule has 94 valence electrons. The number of hydrogen-bond donors (Lipinski definition) is 1. The van der Waals surface area contributed by atoms with E-state index in [1.807, 2.05) is 20.0 Å². The van der Waals surface area contributed by atoms with Crippen LogP contribution in [0.25, 0.3) is 10.6 Å². The lowest BCUT2D eigenvalue weighted by Crippen LogP contribution is -2.04. The van der Waals surface area contributed by atoms with E-state index in [-0.39, 0.29) is 10.6 Å². The molecule has 7 heteroatoms. The largest absolute Gasteiger partial charge is 0.313 e. The molecule has 0 atom stereocenters. The number of hydrogen-bond acceptors (Lipinski definition) is 6. The van der Waals surface area contributed by atoms with E-state index >= 15 is 0 Å². The maximum atomic E-state index is 11.0. The van der Waals surface area contributed by atoms with Crippen molar-refractivity contribution in [2.24, 2.45) is 0 Å².